The molecular weight excluding hydrogens is 437 g/mol. The molecule has 1 amide bonds. The van der Waals surface area contributed by atoms with E-state index >= 15 is 0 Å². The summed E-state index contributed by atoms with van der Waals surface area (Å²) in [4.78, 5) is 27.1. The topological polar surface area (TPSA) is 67.5 Å². The van der Waals surface area contributed by atoms with E-state index in [2.05, 4.69) is 0 Å². The first kappa shape index (κ1) is 20.3. The number of amides is 1. The lowest BCUT2D eigenvalue weighted by Gasteiger charge is -2.27. The van der Waals surface area contributed by atoms with Gasteiger partial charge in [0.2, 0.25) is 5.88 Å². The van der Waals surface area contributed by atoms with Gasteiger partial charge in [0.1, 0.15) is 17.3 Å². The second-order valence-electron chi connectivity index (χ2n) is 7.77. The van der Waals surface area contributed by atoms with Gasteiger partial charge in [-0.2, -0.15) is 13.2 Å². The highest BCUT2D eigenvalue weighted by atomic mass is 19.4. The Kier molecular flexibility index (Phi) is 4.24. The molecule has 1 saturated heterocycles. The molecule has 0 spiro atoms. The molecule has 6 nitrogen and oxygen atoms in total. The summed E-state index contributed by atoms with van der Waals surface area (Å²) < 4.78 is 68.4. The number of nitrogens with zero attached hydrogens (tertiary/aromatic N) is 3. The fourth-order valence-electron chi connectivity index (χ4n) is 4.57. The van der Waals surface area contributed by atoms with E-state index in [4.69, 9.17) is 0 Å². The van der Waals surface area contributed by atoms with E-state index in [0.29, 0.717) is 12.5 Å². The van der Waals surface area contributed by atoms with Crippen molar-refractivity contribution >= 4 is 5.91 Å². The fourth-order valence-corrected chi connectivity index (χ4v) is 4.57. The largest absolute Gasteiger partial charge is 0.493 e. The Bertz CT molecular complexity index is 1310. The number of aromatic nitrogens is 2. The maximum Gasteiger partial charge on any atom is 0.416 e. The second kappa shape index (κ2) is 6.68. The van der Waals surface area contributed by atoms with E-state index in [1.807, 2.05) is 0 Å². The van der Waals surface area contributed by atoms with Crippen molar-refractivity contribution in [2.24, 2.45) is 0 Å². The Morgan fingerprint density at radius 3 is 2.41 bits per heavy atom. The van der Waals surface area contributed by atoms with Crippen LogP contribution in [0.1, 0.15) is 40.1 Å². The third-order valence-electron chi connectivity index (χ3n) is 5.86. The third-order valence-corrected chi connectivity index (χ3v) is 5.86. The molecule has 3 aromatic rings. The zero-order valence-electron chi connectivity index (χ0n) is 16.1. The molecule has 0 aliphatic carbocycles. The number of fused-ring (bicyclic) bond motifs is 5. The predicted octanol–water partition coefficient (Wildman–Crippen LogP) is 3.78. The summed E-state index contributed by atoms with van der Waals surface area (Å²) in [5.74, 6) is -3.10. The molecule has 0 radical (unpaired) electrons. The summed E-state index contributed by atoms with van der Waals surface area (Å²) in [6, 6.07) is 5.08. The lowest BCUT2D eigenvalue weighted by atomic mass is 10.1. The Hall–Kier alpha value is -3.63. The van der Waals surface area contributed by atoms with Crippen molar-refractivity contribution < 1.29 is 31.9 Å². The number of carbonyl (C=O) groups excluding carboxylic acids is 1. The number of rotatable bonds is 2. The molecule has 1 aromatic heterocycles. The molecule has 2 bridgehead atoms. The maximum absolute atomic E-state index is 13.5. The number of likely N-dealkylation sites (tertiary alicyclic amines) is 1. The van der Waals surface area contributed by atoms with Crippen LogP contribution in [0.25, 0.3) is 5.69 Å². The summed E-state index contributed by atoms with van der Waals surface area (Å²) in [5, 5.41) is 10.8. The Labute approximate surface area is 176 Å². The summed E-state index contributed by atoms with van der Waals surface area (Å²) in [6.45, 7) is 0.0561. The van der Waals surface area contributed by atoms with E-state index in [0.717, 1.165) is 34.9 Å². The lowest BCUT2D eigenvalue weighted by molar-refractivity contribution is -0.137. The minimum Gasteiger partial charge on any atom is -0.493 e. The van der Waals surface area contributed by atoms with Gasteiger partial charge in [-0.3, -0.25) is 9.36 Å². The number of hydrogen-bond donors (Lipinski definition) is 1. The molecule has 1 fully saturated rings. The number of hydrogen-bond acceptors (Lipinski definition) is 3. The Balaban J connectivity index is 1.56. The predicted molar refractivity (Wildman–Crippen MR) is 100 cm³/mol. The van der Waals surface area contributed by atoms with Crippen LogP contribution in [-0.2, 0) is 6.18 Å². The smallest absolute Gasteiger partial charge is 0.416 e. The zero-order valence-corrected chi connectivity index (χ0v) is 16.1. The number of benzene rings is 2. The molecule has 2 aromatic carbocycles. The molecule has 1 N–H and O–H groups in total. The Morgan fingerprint density at radius 2 is 1.75 bits per heavy atom. The van der Waals surface area contributed by atoms with Crippen LogP contribution < -0.4 is 5.69 Å². The number of carbonyl (C=O) groups is 1. The van der Waals surface area contributed by atoms with Gasteiger partial charge in [-0.05, 0) is 36.8 Å². The quantitative estimate of drug-likeness (QED) is 0.603. The minimum absolute atomic E-state index is 0.0561. The van der Waals surface area contributed by atoms with Crippen molar-refractivity contribution in [2.75, 3.05) is 6.54 Å². The van der Waals surface area contributed by atoms with Crippen LogP contribution in [0.2, 0.25) is 0 Å². The van der Waals surface area contributed by atoms with Gasteiger partial charge in [0.15, 0.2) is 0 Å². The molecule has 2 aliphatic heterocycles. The summed E-state index contributed by atoms with van der Waals surface area (Å²) in [5.41, 5.74) is -2.03. The summed E-state index contributed by atoms with van der Waals surface area (Å²) in [7, 11) is 0. The van der Waals surface area contributed by atoms with Gasteiger partial charge in [-0.1, -0.05) is 6.07 Å². The van der Waals surface area contributed by atoms with Gasteiger partial charge >= 0.3 is 11.9 Å². The van der Waals surface area contributed by atoms with Crippen LogP contribution in [0.5, 0.6) is 5.88 Å². The van der Waals surface area contributed by atoms with E-state index in [1.54, 1.807) is 0 Å². The number of aromatic hydroxyl groups is 1. The molecular formula is C21H14F5N3O3. The fraction of sp³-hybridized carbons (Fsp3) is 0.238. The maximum atomic E-state index is 13.5. The first-order chi connectivity index (χ1) is 15.1. The van der Waals surface area contributed by atoms with E-state index < -0.39 is 52.9 Å². The van der Waals surface area contributed by atoms with Crippen LogP contribution in [0.3, 0.4) is 0 Å². The summed E-state index contributed by atoms with van der Waals surface area (Å²) in [6.07, 6.45) is -4.34. The van der Waals surface area contributed by atoms with Crippen molar-refractivity contribution in [3.8, 4) is 11.6 Å². The van der Waals surface area contributed by atoms with Crippen LogP contribution in [0.15, 0.2) is 47.3 Å². The highest BCUT2D eigenvalue weighted by Gasteiger charge is 2.49. The standard InChI is InChI=1S/C21H14F5N3O3/c22-12-4-10(5-13(23)7-12)18(30)27-9-15-8-16(27)17-19(31)29(20(32)28(15)17)14-3-1-2-11(6-14)21(24,25)26/h1-7,15-16,31H,8-9H2/t15?,16-/m1/s1. The average molecular weight is 451 g/mol. The molecule has 2 atom stereocenters. The molecule has 2 aliphatic rings. The van der Waals surface area contributed by atoms with E-state index in [9.17, 15) is 36.6 Å². The highest BCUT2D eigenvalue weighted by molar-refractivity contribution is 5.95. The highest BCUT2D eigenvalue weighted by Crippen LogP contribution is 2.49. The first-order valence-electron chi connectivity index (χ1n) is 9.57. The SMILES string of the molecule is O=C(c1cc(F)cc(F)c1)N1CC2C[C@@H]1c1c(O)n(-c3cccc(C(F)(F)F)c3)c(=O)n12. The zero-order chi connectivity index (χ0) is 22.9. The van der Waals surface area contributed by atoms with E-state index in [-0.39, 0.29) is 23.5 Å². The lowest BCUT2D eigenvalue weighted by Crippen LogP contribution is -2.37. The molecule has 0 saturated carbocycles. The Morgan fingerprint density at radius 1 is 1.06 bits per heavy atom. The number of alkyl halides is 3. The monoisotopic (exact) mass is 451 g/mol. The normalized spacial score (nSPS) is 19.5. The van der Waals surface area contributed by atoms with Crippen molar-refractivity contribution in [1.82, 2.24) is 14.0 Å². The van der Waals surface area contributed by atoms with Crippen molar-refractivity contribution in [1.29, 1.82) is 0 Å². The third kappa shape index (κ3) is 2.91. The van der Waals surface area contributed by atoms with Gasteiger partial charge in [-0.15, -0.1) is 0 Å². The molecule has 32 heavy (non-hydrogen) atoms. The number of halogens is 5. The van der Waals surface area contributed by atoms with Crippen LogP contribution in [0.4, 0.5) is 22.0 Å². The van der Waals surface area contributed by atoms with Crippen molar-refractivity contribution in [3.05, 3.63) is 81.4 Å². The van der Waals surface area contributed by atoms with Crippen LogP contribution in [-0.4, -0.2) is 31.6 Å². The minimum atomic E-state index is -4.64. The van der Waals surface area contributed by atoms with Crippen molar-refractivity contribution in [3.63, 3.8) is 0 Å². The molecule has 3 heterocycles. The average Bonchev–Trinajstić information content (AvgIpc) is 3.37. The van der Waals surface area contributed by atoms with Crippen LogP contribution in [0, 0.1) is 11.6 Å². The second-order valence-corrected chi connectivity index (χ2v) is 7.77. The first-order valence-corrected chi connectivity index (χ1v) is 9.57. The van der Waals surface area contributed by atoms with Crippen molar-refractivity contribution in [2.45, 2.75) is 24.7 Å². The van der Waals surface area contributed by atoms with Crippen LogP contribution >= 0.6 is 0 Å². The number of imidazole rings is 1. The van der Waals surface area contributed by atoms with Gasteiger partial charge in [-0.25, -0.2) is 18.1 Å². The summed E-state index contributed by atoms with van der Waals surface area (Å²) >= 11 is 0. The molecule has 11 heteroatoms. The van der Waals surface area contributed by atoms with Gasteiger partial charge in [0.05, 0.1) is 23.3 Å². The molecule has 166 valence electrons. The molecule has 1 unspecified atom stereocenters. The van der Waals surface area contributed by atoms with E-state index in [1.165, 1.54) is 15.5 Å². The van der Waals surface area contributed by atoms with Gasteiger partial charge < -0.3 is 10.0 Å². The van der Waals surface area contributed by atoms with Gasteiger partial charge in [0, 0.05) is 18.2 Å². The van der Waals surface area contributed by atoms with Gasteiger partial charge in [0.25, 0.3) is 5.91 Å². The molecule has 5 rings (SSSR count).